The van der Waals surface area contributed by atoms with E-state index in [9.17, 15) is 13.2 Å². The van der Waals surface area contributed by atoms with Crippen molar-refractivity contribution in [3.8, 4) is 0 Å². The minimum atomic E-state index is -0.795. The first kappa shape index (κ1) is 20.3. The molecule has 1 saturated carbocycles. The van der Waals surface area contributed by atoms with E-state index in [1.54, 1.807) is 18.3 Å². The van der Waals surface area contributed by atoms with Crippen LogP contribution in [0.1, 0.15) is 55.8 Å². The van der Waals surface area contributed by atoms with Gasteiger partial charge in [-0.2, -0.15) is 0 Å². The van der Waals surface area contributed by atoms with E-state index in [2.05, 4.69) is 21.9 Å². The zero-order valence-corrected chi connectivity index (χ0v) is 17.7. The maximum absolute atomic E-state index is 14.1. The van der Waals surface area contributed by atoms with Gasteiger partial charge in [0.05, 0.1) is 11.0 Å². The zero-order valence-electron chi connectivity index (χ0n) is 16.9. The van der Waals surface area contributed by atoms with Crippen molar-refractivity contribution in [2.24, 2.45) is 5.92 Å². The number of benzene rings is 2. The van der Waals surface area contributed by atoms with Gasteiger partial charge in [0, 0.05) is 23.6 Å². The van der Waals surface area contributed by atoms with Crippen LogP contribution in [0.5, 0.6) is 0 Å². The summed E-state index contributed by atoms with van der Waals surface area (Å²) in [6.45, 7) is 2.06. The molecule has 0 amide bonds. The summed E-state index contributed by atoms with van der Waals surface area (Å²) in [5, 5.41) is 0.742. The summed E-state index contributed by atoms with van der Waals surface area (Å²) in [6.07, 6.45) is 5.65. The fraction of sp³-hybridized carbons (Fsp3) is 0.333. The first-order valence-corrected chi connectivity index (χ1v) is 10.9. The van der Waals surface area contributed by atoms with Crippen LogP contribution in [0.4, 0.5) is 13.2 Å². The van der Waals surface area contributed by atoms with Crippen LogP contribution in [-0.4, -0.2) is 15.0 Å². The molecule has 31 heavy (non-hydrogen) atoms. The van der Waals surface area contributed by atoms with Crippen molar-refractivity contribution in [3.63, 3.8) is 0 Å². The third-order valence-electron chi connectivity index (χ3n) is 6.72. The topological polar surface area (TPSA) is 41.6 Å². The molecule has 3 nitrogen and oxygen atoms in total. The fourth-order valence-electron chi connectivity index (χ4n) is 4.95. The summed E-state index contributed by atoms with van der Waals surface area (Å²) in [4.78, 5) is 11.8. The van der Waals surface area contributed by atoms with Crippen LogP contribution in [0.3, 0.4) is 0 Å². The smallest absolute Gasteiger partial charge is 0.154 e. The number of aromatic amines is 1. The third-order valence-corrected chi connectivity index (χ3v) is 7.09. The predicted octanol–water partition coefficient (Wildman–Crippen LogP) is 7.26. The number of rotatable bonds is 3. The van der Waals surface area contributed by atoms with Gasteiger partial charge in [-0.25, -0.2) is 18.2 Å². The molecule has 1 fully saturated rings. The minimum absolute atomic E-state index is 0.0542. The standard InChI is InChI=1S/C24H21ClF3N3/c1-12(24-30-22-19(28)11-18(27)21(25)23(22)31-24)13-2-4-14(5-3-13)16-8-9-29-20-7-6-15(26)10-17(16)20/h6-14H,2-5H2,1H3,(H,30,31)/t12-,13?,14?/m0/s1. The van der Waals surface area contributed by atoms with Crippen molar-refractivity contribution in [2.45, 2.75) is 44.4 Å². The van der Waals surface area contributed by atoms with E-state index in [0.717, 1.165) is 48.2 Å². The molecule has 0 aliphatic heterocycles. The molecule has 1 aliphatic rings. The van der Waals surface area contributed by atoms with Crippen molar-refractivity contribution in [1.82, 2.24) is 15.0 Å². The average Bonchev–Trinajstić information content (AvgIpc) is 3.23. The Hall–Kier alpha value is -2.60. The van der Waals surface area contributed by atoms with Gasteiger partial charge < -0.3 is 4.98 Å². The SMILES string of the molecule is C[C@H](c1nc2c(F)cc(F)c(Cl)c2[nH]1)C1CCC(c2ccnc3ccc(F)cc23)CC1. The van der Waals surface area contributed by atoms with Gasteiger partial charge in [0.2, 0.25) is 0 Å². The van der Waals surface area contributed by atoms with Crippen molar-refractivity contribution < 1.29 is 13.2 Å². The number of H-pyrrole nitrogens is 1. The Bertz CT molecular complexity index is 1280. The Kier molecular flexibility index (Phi) is 5.13. The molecule has 160 valence electrons. The van der Waals surface area contributed by atoms with Gasteiger partial charge in [-0.3, -0.25) is 4.98 Å². The van der Waals surface area contributed by atoms with Crippen LogP contribution in [0.2, 0.25) is 5.02 Å². The zero-order chi connectivity index (χ0) is 21.7. The molecule has 2 aromatic carbocycles. The van der Waals surface area contributed by atoms with E-state index in [1.165, 1.54) is 6.07 Å². The summed E-state index contributed by atoms with van der Waals surface area (Å²) >= 11 is 6.00. The number of fused-ring (bicyclic) bond motifs is 2. The van der Waals surface area contributed by atoms with E-state index in [-0.39, 0.29) is 27.8 Å². The molecular weight excluding hydrogens is 423 g/mol. The lowest BCUT2D eigenvalue weighted by molar-refractivity contribution is 0.286. The molecular formula is C24H21ClF3N3. The largest absolute Gasteiger partial charge is 0.340 e. The first-order valence-electron chi connectivity index (χ1n) is 10.5. The van der Waals surface area contributed by atoms with Crippen molar-refractivity contribution in [3.05, 3.63) is 70.4 Å². The number of nitrogens with one attached hydrogen (secondary N) is 1. The molecule has 2 aromatic heterocycles. The van der Waals surface area contributed by atoms with Gasteiger partial charge in [-0.05, 0) is 67.3 Å². The molecule has 0 spiro atoms. The van der Waals surface area contributed by atoms with Crippen molar-refractivity contribution in [1.29, 1.82) is 0 Å². The van der Waals surface area contributed by atoms with Crippen LogP contribution in [0.25, 0.3) is 21.9 Å². The van der Waals surface area contributed by atoms with Crippen LogP contribution >= 0.6 is 11.6 Å². The predicted molar refractivity (Wildman–Crippen MR) is 116 cm³/mol. The highest BCUT2D eigenvalue weighted by molar-refractivity contribution is 6.35. The number of aromatic nitrogens is 3. The highest BCUT2D eigenvalue weighted by Gasteiger charge is 2.30. The number of imidazole rings is 1. The van der Waals surface area contributed by atoms with E-state index in [0.29, 0.717) is 17.7 Å². The highest BCUT2D eigenvalue weighted by atomic mass is 35.5. The maximum Gasteiger partial charge on any atom is 0.154 e. The Labute approximate surface area is 182 Å². The number of halogens is 4. The lowest BCUT2D eigenvalue weighted by Gasteiger charge is -2.32. The quantitative estimate of drug-likeness (QED) is 0.338. The first-order chi connectivity index (χ1) is 14.9. The van der Waals surface area contributed by atoms with Gasteiger partial charge in [0.25, 0.3) is 0 Å². The lowest BCUT2D eigenvalue weighted by Crippen LogP contribution is -2.19. The molecule has 0 saturated heterocycles. The average molecular weight is 444 g/mol. The summed E-state index contributed by atoms with van der Waals surface area (Å²) in [5.74, 6) is -0.389. The monoisotopic (exact) mass is 443 g/mol. The van der Waals surface area contributed by atoms with Crippen LogP contribution in [0, 0.1) is 23.4 Å². The molecule has 2 heterocycles. The van der Waals surface area contributed by atoms with Crippen molar-refractivity contribution in [2.75, 3.05) is 0 Å². The number of nitrogens with zero attached hydrogens (tertiary/aromatic N) is 2. The Balaban J connectivity index is 1.36. The minimum Gasteiger partial charge on any atom is -0.340 e. The summed E-state index contributed by atoms with van der Waals surface area (Å²) in [7, 11) is 0. The van der Waals surface area contributed by atoms with Gasteiger partial charge in [-0.15, -0.1) is 0 Å². The fourth-order valence-corrected chi connectivity index (χ4v) is 5.14. The number of pyridine rings is 1. The van der Waals surface area contributed by atoms with Gasteiger partial charge >= 0.3 is 0 Å². The second kappa shape index (κ2) is 7.83. The van der Waals surface area contributed by atoms with E-state index in [1.807, 2.05) is 6.07 Å². The maximum atomic E-state index is 14.1. The Morgan fingerprint density at radius 1 is 1.03 bits per heavy atom. The molecule has 1 aliphatic carbocycles. The van der Waals surface area contributed by atoms with Crippen LogP contribution < -0.4 is 0 Å². The van der Waals surface area contributed by atoms with Gasteiger partial charge in [-0.1, -0.05) is 18.5 Å². The van der Waals surface area contributed by atoms with Crippen molar-refractivity contribution >= 4 is 33.5 Å². The summed E-state index contributed by atoms with van der Waals surface area (Å²) in [6, 6.07) is 7.49. The summed E-state index contributed by atoms with van der Waals surface area (Å²) < 4.78 is 41.7. The number of hydrogen-bond donors (Lipinski definition) is 1. The second-order valence-electron chi connectivity index (χ2n) is 8.46. The highest BCUT2D eigenvalue weighted by Crippen LogP contribution is 2.43. The Morgan fingerprint density at radius 2 is 1.81 bits per heavy atom. The molecule has 1 N–H and O–H groups in total. The molecule has 0 radical (unpaired) electrons. The summed E-state index contributed by atoms with van der Waals surface area (Å²) in [5.41, 5.74) is 2.23. The molecule has 1 atom stereocenters. The normalized spacial score (nSPS) is 20.4. The molecule has 5 rings (SSSR count). The molecule has 0 bridgehead atoms. The molecule has 7 heteroatoms. The third kappa shape index (κ3) is 3.57. The van der Waals surface area contributed by atoms with Crippen LogP contribution in [-0.2, 0) is 0 Å². The van der Waals surface area contributed by atoms with Gasteiger partial charge in [0.15, 0.2) is 5.82 Å². The van der Waals surface area contributed by atoms with E-state index in [4.69, 9.17) is 11.6 Å². The van der Waals surface area contributed by atoms with E-state index >= 15 is 0 Å². The molecule has 4 aromatic rings. The second-order valence-corrected chi connectivity index (χ2v) is 8.84. The number of hydrogen-bond acceptors (Lipinski definition) is 2. The van der Waals surface area contributed by atoms with E-state index < -0.39 is 11.6 Å². The van der Waals surface area contributed by atoms with Gasteiger partial charge in [0.1, 0.15) is 28.0 Å². The lowest BCUT2D eigenvalue weighted by atomic mass is 9.73. The van der Waals surface area contributed by atoms with Crippen LogP contribution in [0.15, 0.2) is 36.5 Å². The molecule has 0 unspecified atom stereocenters. The Morgan fingerprint density at radius 3 is 2.58 bits per heavy atom.